The van der Waals surface area contributed by atoms with Crippen molar-refractivity contribution in [3.05, 3.63) is 196 Å². The predicted octanol–water partition coefficient (Wildman–Crippen LogP) is 14.1. The van der Waals surface area contributed by atoms with Crippen LogP contribution in [0.15, 0.2) is 116 Å². The molecule has 3 aliphatic rings. The number of aryl methyl sites for hydroxylation is 3. The maximum Gasteiger partial charge on any atom is 0.418 e. The third-order valence-electron chi connectivity index (χ3n) is 20.4. The van der Waals surface area contributed by atoms with Crippen LogP contribution in [0.3, 0.4) is 0 Å². The number of piperazine rings is 3. The molecule has 3 aliphatic heterocycles. The highest BCUT2D eigenvalue weighted by atomic mass is 19.4. The molecule has 0 radical (unpaired) electrons. The van der Waals surface area contributed by atoms with E-state index in [1.165, 1.54) is 65.5 Å². The Morgan fingerprint density at radius 3 is 1.17 bits per heavy atom. The third-order valence-corrected chi connectivity index (χ3v) is 20.4. The van der Waals surface area contributed by atoms with Gasteiger partial charge in [-0.2, -0.15) is 13.2 Å². The van der Waals surface area contributed by atoms with Gasteiger partial charge >= 0.3 is 6.18 Å². The van der Waals surface area contributed by atoms with E-state index < -0.39 is 81.7 Å². The molecule has 37 heteroatoms. The molecule has 0 saturated carbocycles. The predicted molar refractivity (Wildman–Crippen MR) is 438 cm³/mol. The van der Waals surface area contributed by atoms with Crippen LogP contribution < -0.4 is 44.9 Å². The second-order valence-corrected chi connectivity index (χ2v) is 29.9. The standard InChI is InChI=1S/C28H28F5N7O2.C28H31F2N7O3.C27H29F2N7O2/c1-15-11-17-23(30)21(13-19(29)24(17)36-15)42-26-22(27(41)38(2)3)25(34-14-35-26)37-16-5-6-20(18(12-16)28(31,32)33)40-9-7-39(4)8-10-40;1-16-11-19-24(30)22(13-20(29)25(19)33-16)40-27-23(28(39)35(2)3)26(31-15-32-27)34-21-6-5-18(12-17(21)14-38)37-9-7-36(4)8-10-37;1-16-12-19-23(29)21(14-20(28)24(19)32-16)38-26-22(27(37)34(2)3)25(30-15-31-26)33-17-6-5-7-18(13-17)36-10-8-35(4)9-11-36/h5-6,11-14,36H,7-10H2,1-4H3,(H,34,35,37);5-6,11-13,15,33,38H,7-10,14H2,1-4H3,(H,31,32,34);5-7,12-15,32H,8-11H2,1-4H3,(H,30,31,33). The molecular weight excluding hydrogens is 1570 g/mol. The molecule has 12 aromatic rings. The van der Waals surface area contributed by atoms with Crippen LogP contribution >= 0.6 is 0 Å². The van der Waals surface area contributed by atoms with Gasteiger partial charge in [0, 0.05) is 212 Å². The van der Waals surface area contributed by atoms with Crippen LogP contribution in [0, 0.1) is 55.7 Å². The van der Waals surface area contributed by atoms with Gasteiger partial charge in [-0.3, -0.25) is 14.4 Å². The van der Waals surface area contributed by atoms with Gasteiger partial charge in [0.05, 0.1) is 28.7 Å². The minimum absolute atomic E-state index is 0.000832. The maximum atomic E-state index is 15.3. The molecule has 15 rings (SSSR count). The summed E-state index contributed by atoms with van der Waals surface area (Å²) in [5.74, 6) is -8.39. The fourth-order valence-electron chi connectivity index (χ4n) is 13.9. The van der Waals surface area contributed by atoms with Crippen molar-refractivity contribution in [3.8, 4) is 34.9 Å². The van der Waals surface area contributed by atoms with E-state index in [0.29, 0.717) is 60.2 Å². The highest BCUT2D eigenvalue weighted by Gasteiger charge is 2.37. The molecule has 120 heavy (non-hydrogen) atoms. The Morgan fingerprint density at radius 2 is 0.800 bits per heavy atom. The number of aromatic amines is 3. The number of aliphatic hydroxyl groups excluding tert-OH is 1. The van der Waals surface area contributed by atoms with E-state index in [1.807, 2.05) is 54.4 Å². The van der Waals surface area contributed by atoms with Crippen molar-refractivity contribution in [3.63, 3.8) is 0 Å². The number of H-pyrrole nitrogens is 3. The van der Waals surface area contributed by atoms with Crippen molar-refractivity contribution in [1.29, 1.82) is 0 Å². The number of anilines is 9. The Kier molecular flexibility index (Phi) is 25.2. The number of aromatic nitrogens is 9. The zero-order chi connectivity index (χ0) is 85.9. The zero-order valence-corrected chi connectivity index (χ0v) is 67.7. The first-order chi connectivity index (χ1) is 57.2. The molecule has 0 bridgehead atoms. The summed E-state index contributed by atoms with van der Waals surface area (Å²) in [4.78, 5) is 89.4. The van der Waals surface area contributed by atoms with Gasteiger partial charge in [-0.15, -0.1) is 0 Å². The summed E-state index contributed by atoms with van der Waals surface area (Å²) in [6.45, 7) is 14.3. The smallest absolute Gasteiger partial charge is 0.418 e. The van der Waals surface area contributed by atoms with E-state index in [2.05, 4.69) is 94.5 Å². The van der Waals surface area contributed by atoms with Gasteiger partial charge in [-0.05, 0) is 115 Å². The zero-order valence-electron chi connectivity index (χ0n) is 67.7. The lowest BCUT2D eigenvalue weighted by Crippen LogP contribution is -2.45. The van der Waals surface area contributed by atoms with Crippen LogP contribution in [-0.2, 0) is 12.8 Å². The normalized spacial score (nSPS) is 14.2. The van der Waals surface area contributed by atoms with Gasteiger partial charge in [0.2, 0.25) is 17.6 Å². The molecule has 0 aliphatic carbocycles. The lowest BCUT2D eigenvalue weighted by Gasteiger charge is -2.35. The number of nitrogens with zero attached hydrogens (tertiary/aromatic N) is 15. The second-order valence-electron chi connectivity index (χ2n) is 29.9. The molecule has 3 fully saturated rings. The Bertz CT molecular complexity index is 5820. The summed E-state index contributed by atoms with van der Waals surface area (Å²) in [5.41, 5.74) is 4.40. The van der Waals surface area contributed by atoms with Crippen LogP contribution in [-0.4, -0.2) is 239 Å². The molecule has 6 aromatic carbocycles. The topological polar surface area (TPSA) is 289 Å². The number of likely N-dealkylation sites (N-methyl/N-ethyl adjacent to an activating group) is 3. The molecule has 0 atom stereocenters. The van der Waals surface area contributed by atoms with Gasteiger partial charge in [0.25, 0.3) is 17.7 Å². The molecular formula is C83H88F9N21O7. The van der Waals surface area contributed by atoms with Gasteiger partial charge in [-0.1, -0.05) is 6.07 Å². The number of rotatable bonds is 19. The first-order valence-electron chi connectivity index (χ1n) is 38.0. The van der Waals surface area contributed by atoms with Crippen LogP contribution in [0.1, 0.15) is 59.3 Å². The number of aliphatic hydroxyl groups is 1. The van der Waals surface area contributed by atoms with Crippen molar-refractivity contribution >= 4 is 102 Å². The number of alkyl halides is 3. The quantitative estimate of drug-likeness (QED) is 0.0370. The van der Waals surface area contributed by atoms with E-state index >= 15 is 13.2 Å². The minimum atomic E-state index is -4.66. The second kappa shape index (κ2) is 35.7. The number of carbonyl (C=O) groups excluding carboxylic acids is 3. The number of benzene rings is 6. The number of carbonyl (C=O) groups is 3. The Balaban J connectivity index is 0.000000156. The molecule has 630 valence electrons. The van der Waals surface area contributed by atoms with Crippen molar-refractivity contribution in [2.75, 3.05) is 173 Å². The van der Waals surface area contributed by atoms with Crippen molar-refractivity contribution < 1.29 is 73.2 Å². The monoisotopic (exact) mass is 1660 g/mol. The molecule has 0 spiro atoms. The van der Waals surface area contributed by atoms with Gasteiger partial charge in [0.15, 0.2) is 69.6 Å². The number of nitrogens with one attached hydrogen (secondary N) is 6. The van der Waals surface area contributed by atoms with Crippen LogP contribution in [0.5, 0.6) is 34.9 Å². The third kappa shape index (κ3) is 18.6. The van der Waals surface area contributed by atoms with Crippen molar-refractivity contribution in [1.82, 2.24) is 74.3 Å². The van der Waals surface area contributed by atoms with E-state index in [1.54, 1.807) is 53.9 Å². The summed E-state index contributed by atoms with van der Waals surface area (Å²) in [6, 6.07) is 24.2. The van der Waals surface area contributed by atoms with Crippen molar-refractivity contribution in [2.24, 2.45) is 0 Å². The summed E-state index contributed by atoms with van der Waals surface area (Å²) in [5, 5.41) is 19.2. The summed E-state index contributed by atoms with van der Waals surface area (Å²) < 4.78 is 150. The lowest BCUT2D eigenvalue weighted by molar-refractivity contribution is -0.137. The molecule has 9 heterocycles. The SMILES string of the molecule is Cc1cc2c(F)c(Oc3ncnc(Nc4ccc(N5CCN(C)CC5)c(C(F)(F)F)c4)c3C(=O)N(C)C)cc(F)c2[nH]1.Cc1cc2c(F)c(Oc3ncnc(Nc4ccc(N5CCN(C)CC5)cc4CO)c3C(=O)N(C)C)cc(F)c2[nH]1.Cc1cc2c(F)c(Oc3ncnc(Nc4cccc(N5CCN(C)CC5)c4)c3C(=O)N(C)C)cc(F)c2[nH]1. The van der Waals surface area contributed by atoms with E-state index in [4.69, 9.17) is 14.2 Å². The number of hydrogen-bond donors (Lipinski definition) is 7. The van der Waals surface area contributed by atoms with Gasteiger partial charge in [0.1, 0.15) is 35.7 Å². The lowest BCUT2D eigenvalue weighted by atomic mass is 10.1. The number of halogens is 9. The van der Waals surface area contributed by atoms with E-state index in [-0.39, 0.29) is 102 Å². The van der Waals surface area contributed by atoms with Crippen LogP contribution in [0.25, 0.3) is 32.7 Å². The molecule has 0 unspecified atom stereocenters. The highest BCUT2D eigenvalue weighted by Crippen LogP contribution is 2.43. The van der Waals surface area contributed by atoms with Crippen LogP contribution in [0.4, 0.5) is 91.1 Å². The molecule has 3 amide bonds. The first kappa shape index (κ1) is 84.9. The fourth-order valence-corrected chi connectivity index (χ4v) is 13.9. The average Bonchev–Trinajstić information content (AvgIpc) is 1.26. The minimum Gasteiger partial charge on any atom is -0.435 e. The van der Waals surface area contributed by atoms with Crippen LogP contribution in [0.2, 0.25) is 0 Å². The number of hydrogen-bond acceptors (Lipinski definition) is 22. The fraction of sp³-hybridized carbons (Fsp3) is 0.313. The van der Waals surface area contributed by atoms with Gasteiger partial charge < -0.3 is 94.3 Å². The van der Waals surface area contributed by atoms with Crippen molar-refractivity contribution in [2.45, 2.75) is 33.6 Å². The first-order valence-corrected chi connectivity index (χ1v) is 38.0. The molecule has 6 aromatic heterocycles. The Morgan fingerprint density at radius 1 is 0.442 bits per heavy atom. The van der Waals surface area contributed by atoms with E-state index in [0.717, 1.165) is 101 Å². The number of ether oxygens (including phenoxy) is 3. The number of fused-ring (bicyclic) bond motifs is 3. The number of amides is 3. The summed E-state index contributed by atoms with van der Waals surface area (Å²) in [7, 11) is 15.2. The molecule has 28 nitrogen and oxygen atoms in total. The molecule has 3 saturated heterocycles. The summed E-state index contributed by atoms with van der Waals surface area (Å²) >= 11 is 0. The van der Waals surface area contributed by atoms with Gasteiger partial charge in [-0.25, -0.2) is 56.2 Å². The molecule has 7 N–H and O–H groups in total. The average molecular weight is 1660 g/mol. The maximum absolute atomic E-state index is 15.3. The Hall–Kier alpha value is -13.0. The van der Waals surface area contributed by atoms with E-state index in [9.17, 15) is 45.8 Å². The summed E-state index contributed by atoms with van der Waals surface area (Å²) in [6.07, 6.45) is -1.29. The largest absolute Gasteiger partial charge is 0.435 e. The Labute approximate surface area is 683 Å². The highest BCUT2D eigenvalue weighted by molar-refractivity contribution is 6.03.